The van der Waals surface area contributed by atoms with Gasteiger partial charge in [0.05, 0.1) is 18.0 Å². The van der Waals surface area contributed by atoms with Gasteiger partial charge in [-0.3, -0.25) is 0 Å². The lowest BCUT2D eigenvalue weighted by Crippen LogP contribution is -1.97. The number of rotatable bonds is 2. The van der Waals surface area contributed by atoms with Crippen molar-refractivity contribution in [3.8, 4) is 5.69 Å². The van der Waals surface area contributed by atoms with Gasteiger partial charge in [-0.2, -0.15) is 5.10 Å². The van der Waals surface area contributed by atoms with Gasteiger partial charge in [-0.25, -0.2) is 9.07 Å². The van der Waals surface area contributed by atoms with Gasteiger partial charge in [0.15, 0.2) is 0 Å². The lowest BCUT2D eigenvalue weighted by Gasteiger charge is -2.03. The van der Waals surface area contributed by atoms with Crippen molar-refractivity contribution in [2.75, 3.05) is 0 Å². The molecule has 0 fully saturated rings. The molecule has 4 heteroatoms. The topological polar surface area (TPSA) is 38.0 Å². The molecule has 1 heterocycles. The predicted octanol–water partition coefficient (Wildman–Crippen LogP) is 1.81. The molecule has 3 nitrogen and oxygen atoms in total. The summed E-state index contributed by atoms with van der Waals surface area (Å²) in [7, 11) is 0. The van der Waals surface area contributed by atoms with Crippen molar-refractivity contribution >= 4 is 0 Å². The highest BCUT2D eigenvalue weighted by molar-refractivity contribution is 5.35. The second-order valence-corrected chi connectivity index (χ2v) is 3.34. The molecule has 0 aliphatic heterocycles. The largest absolute Gasteiger partial charge is 0.390 e. The van der Waals surface area contributed by atoms with Crippen LogP contribution in [0.2, 0.25) is 0 Å². The molecule has 2 aromatic rings. The standard InChI is InChI=1S/C11H11FN2O/c1-8-6-10(2-3-11(8)12)14-5-4-9(7-15)13-14/h2-6,15H,7H2,1H3. The van der Waals surface area contributed by atoms with Crippen LogP contribution in [-0.2, 0) is 6.61 Å². The molecule has 0 saturated carbocycles. The smallest absolute Gasteiger partial charge is 0.126 e. The van der Waals surface area contributed by atoms with Crippen LogP contribution in [-0.4, -0.2) is 14.9 Å². The van der Waals surface area contributed by atoms with Gasteiger partial charge < -0.3 is 5.11 Å². The molecule has 0 spiro atoms. The minimum absolute atomic E-state index is 0.0901. The zero-order valence-electron chi connectivity index (χ0n) is 8.31. The molecule has 1 aromatic heterocycles. The van der Waals surface area contributed by atoms with Crippen molar-refractivity contribution in [1.82, 2.24) is 9.78 Å². The van der Waals surface area contributed by atoms with Crippen LogP contribution in [0, 0.1) is 12.7 Å². The third-order valence-electron chi connectivity index (χ3n) is 2.21. The second-order valence-electron chi connectivity index (χ2n) is 3.34. The third kappa shape index (κ3) is 1.89. The van der Waals surface area contributed by atoms with Crippen LogP contribution in [0.15, 0.2) is 30.5 Å². The first-order chi connectivity index (χ1) is 7.20. The Balaban J connectivity index is 2.40. The van der Waals surface area contributed by atoms with Crippen molar-refractivity contribution in [2.45, 2.75) is 13.5 Å². The van der Waals surface area contributed by atoms with Crippen LogP contribution in [0.3, 0.4) is 0 Å². The van der Waals surface area contributed by atoms with E-state index >= 15 is 0 Å². The molecule has 0 radical (unpaired) electrons. The third-order valence-corrected chi connectivity index (χ3v) is 2.21. The highest BCUT2D eigenvalue weighted by Gasteiger charge is 2.02. The molecule has 0 atom stereocenters. The molecule has 0 saturated heterocycles. The number of hydrogen-bond donors (Lipinski definition) is 1. The molecule has 0 bridgehead atoms. The molecular weight excluding hydrogens is 195 g/mol. The van der Waals surface area contributed by atoms with Crippen LogP contribution in [0.25, 0.3) is 5.69 Å². The van der Waals surface area contributed by atoms with Crippen LogP contribution < -0.4 is 0 Å². The van der Waals surface area contributed by atoms with Gasteiger partial charge in [0.2, 0.25) is 0 Å². The normalized spacial score (nSPS) is 10.6. The first-order valence-corrected chi connectivity index (χ1v) is 4.62. The van der Waals surface area contributed by atoms with Crippen molar-refractivity contribution in [3.63, 3.8) is 0 Å². The average molecular weight is 206 g/mol. The van der Waals surface area contributed by atoms with Gasteiger partial charge in [-0.1, -0.05) is 0 Å². The summed E-state index contributed by atoms with van der Waals surface area (Å²) in [6.07, 6.45) is 1.73. The van der Waals surface area contributed by atoms with E-state index in [1.807, 2.05) is 0 Å². The van der Waals surface area contributed by atoms with Gasteiger partial charge in [0.25, 0.3) is 0 Å². The Bertz CT molecular complexity index is 479. The Morgan fingerprint density at radius 3 is 2.80 bits per heavy atom. The van der Waals surface area contributed by atoms with Crippen molar-refractivity contribution in [1.29, 1.82) is 0 Å². The number of nitrogens with zero attached hydrogens (tertiary/aromatic N) is 2. The lowest BCUT2D eigenvalue weighted by atomic mass is 10.2. The summed E-state index contributed by atoms with van der Waals surface area (Å²) < 4.78 is 14.6. The number of hydrogen-bond acceptors (Lipinski definition) is 2. The van der Waals surface area contributed by atoms with Gasteiger partial charge in [-0.15, -0.1) is 0 Å². The SMILES string of the molecule is Cc1cc(-n2ccc(CO)n2)ccc1F. The fraction of sp³-hybridized carbons (Fsp3) is 0.182. The van der Waals surface area contributed by atoms with E-state index in [2.05, 4.69) is 5.10 Å². The van der Waals surface area contributed by atoms with E-state index in [1.54, 1.807) is 36.0 Å². The summed E-state index contributed by atoms with van der Waals surface area (Å²) in [5.74, 6) is -0.228. The van der Waals surface area contributed by atoms with Gasteiger partial charge in [0, 0.05) is 6.20 Å². The van der Waals surface area contributed by atoms with Crippen LogP contribution in [0.1, 0.15) is 11.3 Å². The molecule has 1 aromatic carbocycles. The summed E-state index contributed by atoms with van der Waals surface area (Å²) in [5.41, 5.74) is 1.96. The molecule has 0 amide bonds. The molecule has 2 rings (SSSR count). The summed E-state index contributed by atoms with van der Waals surface area (Å²) in [5, 5.41) is 13.0. The Morgan fingerprint density at radius 1 is 1.40 bits per heavy atom. The lowest BCUT2D eigenvalue weighted by molar-refractivity contribution is 0.276. The number of aliphatic hydroxyl groups excluding tert-OH is 1. The predicted molar refractivity (Wildman–Crippen MR) is 54.2 cm³/mol. The highest BCUT2D eigenvalue weighted by Crippen LogP contribution is 2.13. The molecule has 0 aliphatic carbocycles. The summed E-state index contributed by atoms with van der Waals surface area (Å²) in [4.78, 5) is 0. The van der Waals surface area contributed by atoms with Gasteiger partial charge in [0.1, 0.15) is 5.82 Å². The molecule has 0 aliphatic rings. The minimum atomic E-state index is -0.228. The number of halogens is 1. The molecule has 78 valence electrons. The first kappa shape index (κ1) is 9.86. The number of benzene rings is 1. The highest BCUT2D eigenvalue weighted by atomic mass is 19.1. The maximum absolute atomic E-state index is 13.0. The van der Waals surface area contributed by atoms with E-state index in [0.29, 0.717) is 11.3 Å². The quantitative estimate of drug-likeness (QED) is 0.813. The first-order valence-electron chi connectivity index (χ1n) is 4.62. The average Bonchev–Trinajstić information content (AvgIpc) is 2.70. The van der Waals surface area contributed by atoms with E-state index in [-0.39, 0.29) is 12.4 Å². The second kappa shape index (κ2) is 3.82. The van der Waals surface area contributed by atoms with Gasteiger partial charge in [-0.05, 0) is 36.8 Å². The summed E-state index contributed by atoms with van der Waals surface area (Å²) in [6, 6.07) is 6.49. The van der Waals surface area contributed by atoms with Crippen LogP contribution in [0.4, 0.5) is 4.39 Å². The van der Waals surface area contributed by atoms with Gasteiger partial charge >= 0.3 is 0 Å². The van der Waals surface area contributed by atoms with E-state index in [1.165, 1.54) is 6.07 Å². The molecule has 15 heavy (non-hydrogen) atoms. The molecular formula is C11H11FN2O. The van der Waals surface area contributed by atoms with Crippen molar-refractivity contribution < 1.29 is 9.50 Å². The minimum Gasteiger partial charge on any atom is -0.390 e. The Hall–Kier alpha value is -1.68. The Kier molecular flexibility index (Phi) is 2.51. The summed E-state index contributed by atoms with van der Waals surface area (Å²) >= 11 is 0. The number of aryl methyl sites for hydroxylation is 1. The maximum Gasteiger partial charge on any atom is 0.126 e. The van der Waals surface area contributed by atoms with Crippen molar-refractivity contribution in [3.05, 3.63) is 47.5 Å². The monoisotopic (exact) mass is 206 g/mol. The molecule has 0 unspecified atom stereocenters. The Labute approximate surface area is 86.8 Å². The van der Waals surface area contributed by atoms with Crippen LogP contribution >= 0.6 is 0 Å². The Morgan fingerprint density at radius 2 is 2.20 bits per heavy atom. The number of aliphatic hydroxyl groups is 1. The number of aromatic nitrogens is 2. The van der Waals surface area contributed by atoms with E-state index in [9.17, 15) is 4.39 Å². The van der Waals surface area contributed by atoms with E-state index in [4.69, 9.17) is 5.11 Å². The summed E-state index contributed by atoms with van der Waals surface area (Å²) in [6.45, 7) is 1.61. The van der Waals surface area contributed by atoms with E-state index < -0.39 is 0 Å². The van der Waals surface area contributed by atoms with Crippen LogP contribution in [0.5, 0.6) is 0 Å². The molecule has 1 N–H and O–H groups in total. The zero-order valence-corrected chi connectivity index (χ0v) is 8.31. The zero-order chi connectivity index (χ0) is 10.8. The fourth-order valence-electron chi connectivity index (χ4n) is 1.36. The van der Waals surface area contributed by atoms with E-state index in [0.717, 1.165) is 5.69 Å². The fourth-order valence-corrected chi connectivity index (χ4v) is 1.36. The maximum atomic E-state index is 13.0. The van der Waals surface area contributed by atoms with Crippen molar-refractivity contribution in [2.24, 2.45) is 0 Å².